The van der Waals surface area contributed by atoms with Crippen LogP contribution in [0.1, 0.15) is 39.5 Å². The van der Waals surface area contributed by atoms with Gasteiger partial charge in [-0.15, -0.1) is 0 Å². The normalized spacial score (nSPS) is 18.6. The number of benzene rings is 1. The lowest BCUT2D eigenvalue weighted by atomic mass is 10.2. The topological polar surface area (TPSA) is 149 Å². The molecular formula is C31H46N6O7S. The molecule has 4 aliphatic heterocycles. The average Bonchev–Trinajstić information content (AvgIpc) is 3.71. The zero-order chi connectivity index (χ0) is 34.3. The summed E-state index contributed by atoms with van der Waals surface area (Å²) in [6, 6.07) is 11.8. The van der Waals surface area contributed by atoms with Gasteiger partial charge in [0.1, 0.15) is 5.70 Å². The van der Waals surface area contributed by atoms with Crippen LogP contribution in [0.2, 0.25) is 0 Å². The van der Waals surface area contributed by atoms with Gasteiger partial charge in [-0.05, 0) is 25.0 Å². The summed E-state index contributed by atoms with van der Waals surface area (Å²) in [4.78, 5) is 62.8. The molecule has 14 heteroatoms. The fraction of sp³-hybridized carbons (Fsp3) is 0.484. The molecule has 248 valence electrons. The van der Waals surface area contributed by atoms with Crippen molar-refractivity contribution in [2.75, 3.05) is 60.6 Å². The Morgan fingerprint density at radius 1 is 0.778 bits per heavy atom. The van der Waals surface area contributed by atoms with E-state index in [1.54, 1.807) is 19.0 Å². The fourth-order valence-electron chi connectivity index (χ4n) is 4.04. The van der Waals surface area contributed by atoms with Gasteiger partial charge in [0, 0.05) is 66.3 Å². The van der Waals surface area contributed by atoms with E-state index in [1.165, 1.54) is 33.6 Å². The van der Waals surface area contributed by atoms with Crippen molar-refractivity contribution in [1.82, 2.24) is 28.9 Å². The van der Waals surface area contributed by atoms with E-state index >= 15 is 0 Å². The number of likely N-dealkylation sites (tertiary alicyclic amines) is 2. The number of likely N-dealkylation sites (N-methyl/N-ethyl adjacent to an activating group) is 3. The lowest BCUT2D eigenvalue weighted by molar-refractivity contribution is -0.127. The number of aromatic nitrogens is 1. The zero-order valence-corrected chi connectivity index (χ0v) is 28.2. The van der Waals surface area contributed by atoms with Crippen molar-refractivity contribution in [3.05, 3.63) is 54.9 Å². The van der Waals surface area contributed by atoms with Gasteiger partial charge in [0.2, 0.25) is 21.8 Å². The number of para-hydroxylation sites is 1. The Labute approximate surface area is 266 Å². The molecule has 4 saturated heterocycles. The standard InChI is InChI=1S/C9H7N.C6H8N2O2.C5H7NO2.C5H9NO.C4H9NO2S.C2H6/c1-2-6-9-8(4-1)5-3-7-10-9;1-4-5(9)8(3)6(10)7(4)2;1-6-3-4(7)2-5(6)8;1-6-4-2-3-5(6)7;1-5-3-2-4-8(5,6)7;1-2/h1-7H;1H2,2-3H3;2-3H2,1H3;2-4H2,1H3;2-4H2,1H3;1-2H3. The molecule has 5 heterocycles. The van der Waals surface area contributed by atoms with Crippen LogP contribution in [0, 0.1) is 0 Å². The van der Waals surface area contributed by atoms with E-state index in [4.69, 9.17) is 0 Å². The van der Waals surface area contributed by atoms with Gasteiger partial charge in [-0.1, -0.05) is 44.7 Å². The number of rotatable bonds is 0. The van der Waals surface area contributed by atoms with Crippen molar-refractivity contribution in [1.29, 1.82) is 0 Å². The number of Topliss-reactive ketones (excluding diaryl/α,β-unsaturated/α-hetero) is 1. The predicted molar refractivity (Wildman–Crippen MR) is 173 cm³/mol. The number of nitrogens with zero attached hydrogens (tertiary/aromatic N) is 6. The van der Waals surface area contributed by atoms with Gasteiger partial charge in [-0.2, -0.15) is 0 Å². The Morgan fingerprint density at radius 3 is 1.69 bits per heavy atom. The summed E-state index contributed by atoms with van der Waals surface area (Å²) in [5.74, 6) is 0.267. The number of carbonyl (C=O) groups is 5. The maximum atomic E-state index is 10.9. The Balaban J connectivity index is 0.000000279. The van der Waals surface area contributed by atoms with Gasteiger partial charge in [0.05, 0.1) is 24.2 Å². The summed E-state index contributed by atoms with van der Waals surface area (Å²) >= 11 is 0. The molecule has 0 aliphatic carbocycles. The van der Waals surface area contributed by atoms with E-state index < -0.39 is 10.0 Å². The minimum Gasteiger partial charge on any atom is -0.346 e. The van der Waals surface area contributed by atoms with E-state index in [0.717, 1.165) is 36.2 Å². The van der Waals surface area contributed by atoms with Crippen LogP contribution >= 0.6 is 0 Å². The lowest BCUT2D eigenvalue weighted by Crippen LogP contribution is -2.27. The highest BCUT2D eigenvalue weighted by Crippen LogP contribution is 2.14. The van der Waals surface area contributed by atoms with Crippen molar-refractivity contribution in [2.24, 2.45) is 0 Å². The molecule has 2 aromatic rings. The van der Waals surface area contributed by atoms with Crippen molar-refractivity contribution < 1.29 is 32.4 Å². The zero-order valence-electron chi connectivity index (χ0n) is 27.4. The Bertz CT molecular complexity index is 1380. The summed E-state index contributed by atoms with van der Waals surface area (Å²) in [6.45, 7) is 9.39. The molecule has 5 amide bonds. The van der Waals surface area contributed by atoms with Gasteiger partial charge < -0.3 is 9.80 Å². The molecule has 45 heavy (non-hydrogen) atoms. The van der Waals surface area contributed by atoms with Gasteiger partial charge >= 0.3 is 6.03 Å². The lowest BCUT2D eigenvalue weighted by Gasteiger charge is -2.05. The van der Waals surface area contributed by atoms with Crippen LogP contribution in [0.15, 0.2) is 54.9 Å². The van der Waals surface area contributed by atoms with Crippen LogP contribution in [0.5, 0.6) is 0 Å². The van der Waals surface area contributed by atoms with E-state index in [1.807, 2.05) is 51.4 Å². The van der Waals surface area contributed by atoms with Crippen molar-refractivity contribution in [3.8, 4) is 0 Å². The van der Waals surface area contributed by atoms with Crippen LogP contribution in [0.3, 0.4) is 0 Å². The monoisotopic (exact) mass is 646 g/mol. The van der Waals surface area contributed by atoms with E-state index in [2.05, 4.69) is 23.7 Å². The van der Waals surface area contributed by atoms with Crippen LogP contribution in [0.25, 0.3) is 10.9 Å². The number of hydrogen-bond acceptors (Lipinski definition) is 8. The number of urea groups is 1. The first-order valence-corrected chi connectivity index (χ1v) is 16.2. The molecule has 0 spiro atoms. The van der Waals surface area contributed by atoms with Crippen LogP contribution in [-0.4, -0.2) is 127 Å². The maximum Gasteiger partial charge on any atom is 0.331 e. The Hall–Kier alpha value is -4.17. The Morgan fingerprint density at radius 2 is 1.40 bits per heavy atom. The van der Waals surface area contributed by atoms with E-state index in [9.17, 15) is 32.4 Å². The molecular weight excluding hydrogens is 600 g/mol. The molecule has 0 atom stereocenters. The number of sulfonamides is 1. The highest BCUT2D eigenvalue weighted by Gasteiger charge is 2.34. The quantitative estimate of drug-likeness (QED) is 0.241. The SMILES string of the molecule is C=C1C(=O)N(C)C(=O)N1C.CC.CN1CC(=O)CC1=O.CN1CCCC1=O.CN1CCCS1(=O)=O.c1ccc2ncccc2c1. The Kier molecular flexibility index (Phi) is 16.1. The highest BCUT2D eigenvalue weighted by molar-refractivity contribution is 7.89. The highest BCUT2D eigenvalue weighted by atomic mass is 32.2. The number of imide groups is 1. The minimum absolute atomic E-state index is 0.0255. The molecule has 1 aromatic heterocycles. The largest absolute Gasteiger partial charge is 0.346 e. The molecule has 0 N–H and O–H groups in total. The van der Waals surface area contributed by atoms with Gasteiger partial charge in [-0.3, -0.25) is 34.0 Å². The van der Waals surface area contributed by atoms with Crippen molar-refractivity contribution >= 4 is 50.5 Å². The second-order valence-electron chi connectivity index (χ2n) is 10.2. The molecule has 1 aromatic carbocycles. The third-order valence-electron chi connectivity index (χ3n) is 6.89. The molecule has 0 radical (unpaired) electrons. The number of carbonyl (C=O) groups excluding carboxylic acids is 5. The van der Waals surface area contributed by atoms with E-state index in [-0.39, 0.29) is 35.7 Å². The first-order valence-electron chi connectivity index (χ1n) is 14.6. The smallest absolute Gasteiger partial charge is 0.331 e. The second kappa shape index (κ2) is 18.6. The van der Waals surface area contributed by atoms with Crippen LogP contribution in [-0.2, 0) is 29.2 Å². The predicted octanol–water partition coefficient (Wildman–Crippen LogP) is 2.59. The molecule has 4 aliphatic rings. The first-order chi connectivity index (χ1) is 21.2. The number of pyridine rings is 1. The summed E-state index contributed by atoms with van der Waals surface area (Å²) in [5.41, 5.74) is 1.29. The molecule has 0 saturated carbocycles. The number of amides is 5. The van der Waals surface area contributed by atoms with Crippen molar-refractivity contribution in [2.45, 2.75) is 39.5 Å². The van der Waals surface area contributed by atoms with Crippen LogP contribution < -0.4 is 0 Å². The third kappa shape index (κ3) is 12.0. The molecule has 13 nitrogen and oxygen atoms in total. The number of fused-ring (bicyclic) bond motifs is 1. The summed E-state index contributed by atoms with van der Waals surface area (Å²) in [6.07, 6.45) is 4.52. The minimum atomic E-state index is -2.79. The molecule has 6 rings (SSSR count). The van der Waals surface area contributed by atoms with Gasteiger partial charge in [0.25, 0.3) is 5.91 Å². The van der Waals surface area contributed by atoms with E-state index in [0.29, 0.717) is 24.7 Å². The summed E-state index contributed by atoms with van der Waals surface area (Å²) in [7, 11) is 5.25. The summed E-state index contributed by atoms with van der Waals surface area (Å²) < 4.78 is 22.8. The number of hydrogen-bond donors (Lipinski definition) is 0. The maximum absolute atomic E-state index is 10.9. The van der Waals surface area contributed by atoms with Gasteiger partial charge in [-0.25, -0.2) is 17.5 Å². The molecule has 0 bridgehead atoms. The average molecular weight is 647 g/mol. The van der Waals surface area contributed by atoms with Crippen LogP contribution in [0.4, 0.5) is 4.79 Å². The fourth-order valence-corrected chi connectivity index (χ4v) is 5.25. The number of ketones is 1. The second-order valence-corrected chi connectivity index (χ2v) is 12.4. The molecule has 0 unspecified atom stereocenters. The summed E-state index contributed by atoms with van der Waals surface area (Å²) in [5, 5.41) is 1.20. The van der Waals surface area contributed by atoms with Gasteiger partial charge in [0.15, 0.2) is 5.78 Å². The first kappa shape index (κ1) is 38.9. The molecule has 4 fully saturated rings. The van der Waals surface area contributed by atoms with Crippen molar-refractivity contribution in [3.63, 3.8) is 0 Å². The third-order valence-corrected chi connectivity index (χ3v) is 8.83.